The Morgan fingerprint density at radius 3 is 2.40 bits per heavy atom. The molecular weight excluding hydrogens is 202 g/mol. The summed E-state index contributed by atoms with van der Waals surface area (Å²) in [6, 6.07) is 8.68. The Morgan fingerprint density at radius 2 is 1.87 bits per heavy atom. The van der Waals surface area contributed by atoms with Crippen molar-refractivity contribution in [1.29, 1.82) is 0 Å². The Balaban J connectivity index is 1.98. The van der Waals surface area contributed by atoms with Crippen molar-refractivity contribution in [3.05, 3.63) is 35.4 Å². The van der Waals surface area contributed by atoms with E-state index in [0.29, 0.717) is 0 Å². The third-order valence-corrected chi connectivity index (χ3v) is 3.92. The molecule has 2 rings (SSSR count). The summed E-state index contributed by atoms with van der Waals surface area (Å²) in [5.74, 6) is 1.23. The first-order chi connectivity index (χ1) is 7.23. The van der Waals surface area contributed by atoms with Gasteiger partial charge in [0.1, 0.15) is 0 Å². The van der Waals surface area contributed by atoms with Crippen molar-refractivity contribution in [1.82, 2.24) is 0 Å². The average molecular weight is 221 g/mol. The first-order valence-corrected chi connectivity index (χ1v) is 6.97. The van der Waals surface area contributed by atoms with Gasteiger partial charge in [-0.3, -0.25) is 0 Å². The maximum absolute atomic E-state index is 6.44. The van der Waals surface area contributed by atoms with Crippen LogP contribution in [0.5, 0.6) is 0 Å². The molecule has 0 radical (unpaired) electrons. The minimum atomic E-state index is 0.0411. The molecule has 0 bridgehead atoms. The van der Waals surface area contributed by atoms with Crippen LogP contribution in [0, 0.1) is 0 Å². The fourth-order valence-electron chi connectivity index (χ4n) is 2.47. The number of nitrogens with two attached hydrogens (primary N) is 1. The monoisotopic (exact) mass is 221 g/mol. The largest absolute Gasteiger partial charge is 0.324 e. The highest BCUT2D eigenvalue weighted by atomic mass is 32.2. The first-order valence-electron chi connectivity index (χ1n) is 5.58. The summed E-state index contributed by atoms with van der Waals surface area (Å²) in [7, 11) is 0. The third-order valence-electron chi connectivity index (χ3n) is 3.23. The quantitative estimate of drug-likeness (QED) is 0.791. The smallest absolute Gasteiger partial charge is 0.0236 e. The standard InChI is InChI=1S/C13H19NS/c1-15-8-4-7-13(14)9-11-5-2-3-6-12(11)10-13/h2-3,5-6H,4,7-10,14H2,1H3. The van der Waals surface area contributed by atoms with E-state index in [1.54, 1.807) is 0 Å². The summed E-state index contributed by atoms with van der Waals surface area (Å²) in [5, 5.41) is 0. The van der Waals surface area contributed by atoms with Gasteiger partial charge in [-0.05, 0) is 48.8 Å². The van der Waals surface area contributed by atoms with Crippen molar-refractivity contribution in [2.24, 2.45) is 5.73 Å². The van der Waals surface area contributed by atoms with Crippen LogP contribution < -0.4 is 5.73 Å². The van der Waals surface area contributed by atoms with Crippen LogP contribution in [-0.2, 0) is 12.8 Å². The first kappa shape index (κ1) is 11.0. The number of hydrogen-bond donors (Lipinski definition) is 1. The zero-order valence-corrected chi connectivity index (χ0v) is 10.1. The summed E-state index contributed by atoms with van der Waals surface area (Å²) in [6.07, 6.45) is 6.69. The second kappa shape index (κ2) is 4.58. The molecule has 0 heterocycles. The normalized spacial score (nSPS) is 17.7. The van der Waals surface area contributed by atoms with E-state index in [4.69, 9.17) is 5.73 Å². The molecule has 82 valence electrons. The minimum Gasteiger partial charge on any atom is -0.324 e. The van der Waals surface area contributed by atoms with Crippen molar-refractivity contribution in [2.45, 2.75) is 31.2 Å². The van der Waals surface area contributed by atoms with Gasteiger partial charge < -0.3 is 5.73 Å². The average Bonchev–Trinajstić information content (AvgIpc) is 2.54. The van der Waals surface area contributed by atoms with E-state index < -0.39 is 0 Å². The Bertz CT molecular complexity index is 310. The lowest BCUT2D eigenvalue weighted by molar-refractivity contribution is 0.411. The molecule has 2 heteroatoms. The topological polar surface area (TPSA) is 26.0 Å². The van der Waals surface area contributed by atoms with E-state index in [2.05, 4.69) is 30.5 Å². The lowest BCUT2D eigenvalue weighted by Crippen LogP contribution is -2.40. The molecule has 0 spiro atoms. The number of rotatable bonds is 4. The zero-order valence-electron chi connectivity index (χ0n) is 9.33. The van der Waals surface area contributed by atoms with Gasteiger partial charge in [-0.2, -0.15) is 11.8 Å². The van der Waals surface area contributed by atoms with Gasteiger partial charge in [0.2, 0.25) is 0 Å². The van der Waals surface area contributed by atoms with Crippen LogP contribution in [0.15, 0.2) is 24.3 Å². The molecule has 1 nitrogen and oxygen atoms in total. The lowest BCUT2D eigenvalue weighted by atomic mass is 9.92. The SMILES string of the molecule is CSCCCC1(N)Cc2ccccc2C1. The maximum atomic E-state index is 6.44. The van der Waals surface area contributed by atoms with Crippen molar-refractivity contribution in [3.63, 3.8) is 0 Å². The van der Waals surface area contributed by atoms with Gasteiger partial charge in [-0.1, -0.05) is 24.3 Å². The molecule has 1 aliphatic carbocycles. The van der Waals surface area contributed by atoms with E-state index in [-0.39, 0.29) is 5.54 Å². The minimum absolute atomic E-state index is 0.0411. The molecule has 2 N–H and O–H groups in total. The molecule has 0 atom stereocenters. The van der Waals surface area contributed by atoms with Crippen LogP contribution in [-0.4, -0.2) is 17.5 Å². The molecular formula is C13H19NS. The number of benzene rings is 1. The third kappa shape index (κ3) is 2.56. The van der Waals surface area contributed by atoms with Gasteiger partial charge in [-0.25, -0.2) is 0 Å². The van der Waals surface area contributed by atoms with Gasteiger partial charge in [0.05, 0.1) is 0 Å². The van der Waals surface area contributed by atoms with Gasteiger partial charge in [0.15, 0.2) is 0 Å². The second-order valence-electron chi connectivity index (χ2n) is 4.58. The molecule has 1 aliphatic rings. The Morgan fingerprint density at radius 1 is 1.27 bits per heavy atom. The predicted octanol–water partition coefficient (Wildman–Crippen LogP) is 2.63. The van der Waals surface area contributed by atoms with Crippen LogP contribution in [0.3, 0.4) is 0 Å². The van der Waals surface area contributed by atoms with Gasteiger partial charge in [-0.15, -0.1) is 0 Å². The highest BCUT2D eigenvalue weighted by Crippen LogP contribution is 2.31. The molecule has 0 amide bonds. The summed E-state index contributed by atoms with van der Waals surface area (Å²) in [5.41, 5.74) is 9.41. The van der Waals surface area contributed by atoms with Gasteiger partial charge in [0.25, 0.3) is 0 Å². The predicted molar refractivity (Wildman–Crippen MR) is 68.4 cm³/mol. The van der Waals surface area contributed by atoms with E-state index in [1.807, 2.05) is 11.8 Å². The molecule has 0 aliphatic heterocycles. The highest BCUT2D eigenvalue weighted by molar-refractivity contribution is 7.98. The summed E-state index contributed by atoms with van der Waals surface area (Å²) in [4.78, 5) is 0. The number of fused-ring (bicyclic) bond motifs is 1. The highest BCUT2D eigenvalue weighted by Gasteiger charge is 2.32. The molecule has 0 saturated carbocycles. The second-order valence-corrected chi connectivity index (χ2v) is 5.57. The number of thioether (sulfide) groups is 1. The van der Waals surface area contributed by atoms with E-state index in [9.17, 15) is 0 Å². The van der Waals surface area contributed by atoms with Crippen molar-refractivity contribution < 1.29 is 0 Å². The molecule has 0 saturated heterocycles. The Hall–Kier alpha value is -0.470. The number of hydrogen-bond acceptors (Lipinski definition) is 2. The van der Waals surface area contributed by atoms with E-state index in [1.165, 1.54) is 23.3 Å². The Labute approximate surface area is 96.4 Å². The van der Waals surface area contributed by atoms with E-state index in [0.717, 1.165) is 19.3 Å². The maximum Gasteiger partial charge on any atom is 0.0236 e. The van der Waals surface area contributed by atoms with Crippen molar-refractivity contribution >= 4 is 11.8 Å². The van der Waals surface area contributed by atoms with Crippen LogP contribution in [0.25, 0.3) is 0 Å². The van der Waals surface area contributed by atoms with Gasteiger partial charge >= 0.3 is 0 Å². The Kier molecular flexibility index (Phi) is 3.37. The summed E-state index contributed by atoms with van der Waals surface area (Å²) in [6.45, 7) is 0. The lowest BCUT2D eigenvalue weighted by Gasteiger charge is -2.23. The van der Waals surface area contributed by atoms with Crippen LogP contribution in [0.4, 0.5) is 0 Å². The van der Waals surface area contributed by atoms with Gasteiger partial charge in [0, 0.05) is 5.54 Å². The molecule has 15 heavy (non-hydrogen) atoms. The molecule has 0 unspecified atom stereocenters. The molecule has 0 aromatic heterocycles. The van der Waals surface area contributed by atoms with Crippen LogP contribution in [0.2, 0.25) is 0 Å². The van der Waals surface area contributed by atoms with Crippen LogP contribution >= 0.6 is 11.8 Å². The zero-order chi connectivity index (χ0) is 10.7. The fourth-order valence-corrected chi connectivity index (χ4v) is 2.90. The summed E-state index contributed by atoms with van der Waals surface area (Å²) >= 11 is 1.91. The van der Waals surface area contributed by atoms with Crippen molar-refractivity contribution in [2.75, 3.05) is 12.0 Å². The molecule has 1 aromatic rings. The van der Waals surface area contributed by atoms with Crippen molar-refractivity contribution in [3.8, 4) is 0 Å². The van der Waals surface area contributed by atoms with E-state index >= 15 is 0 Å². The molecule has 0 fully saturated rings. The summed E-state index contributed by atoms with van der Waals surface area (Å²) < 4.78 is 0. The molecule has 1 aromatic carbocycles. The van der Waals surface area contributed by atoms with Crippen LogP contribution in [0.1, 0.15) is 24.0 Å². The fraction of sp³-hybridized carbons (Fsp3) is 0.538.